The fourth-order valence-corrected chi connectivity index (χ4v) is 3.22. The van der Waals surface area contributed by atoms with Gasteiger partial charge in [0.15, 0.2) is 12.4 Å². The van der Waals surface area contributed by atoms with E-state index in [4.69, 9.17) is 4.74 Å². The third-order valence-electron chi connectivity index (χ3n) is 4.95. The zero-order valence-corrected chi connectivity index (χ0v) is 14.5. The molecule has 0 saturated heterocycles. The average Bonchev–Trinajstić information content (AvgIpc) is 2.60. The van der Waals surface area contributed by atoms with Crippen molar-refractivity contribution in [1.29, 1.82) is 0 Å². The fourth-order valence-electron chi connectivity index (χ4n) is 3.22. The molecule has 1 fully saturated rings. The summed E-state index contributed by atoms with van der Waals surface area (Å²) in [7, 11) is 0. The summed E-state index contributed by atoms with van der Waals surface area (Å²) in [4.78, 5) is 23.4. The number of Topliss-reactive ketones (excluding diaryl/α,β-unsaturated/α-hetero) is 1. The number of rotatable bonds is 7. The van der Waals surface area contributed by atoms with Gasteiger partial charge in [0.05, 0.1) is 0 Å². The molecule has 4 nitrogen and oxygen atoms in total. The molecule has 1 N–H and O–H groups in total. The van der Waals surface area contributed by atoms with Gasteiger partial charge in [0.2, 0.25) is 0 Å². The lowest BCUT2D eigenvalue weighted by Crippen LogP contribution is -2.46. The summed E-state index contributed by atoms with van der Waals surface area (Å²) in [6.45, 7) is 2.14. The zero-order chi connectivity index (χ0) is 17.7. The molecule has 0 aliphatic heterocycles. The summed E-state index contributed by atoms with van der Waals surface area (Å²) in [6, 6.07) is 17.2. The molecule has 1 saturated carbocycles. The Morgan fingerprint density at radius 3 is 2.28 bits per heavy atom. The molecule has 3 rings (SSSR count). The van der Waals surface area contributed by atoms with E-state index in [9.17, 15) is 9.59 Å². The predicted octanol–water partition coefficient (Wildman–Crippen LogP) is 3.51. The van der Waals surface area contributed by atoms with Crippen molar-refractivity contribution in [2.45, 2.75) is 31.6 Å². The standard InChI is InChI=1S/C21H23NO3/c1-16(23)17-8-10-19(11-9-17)25-14-20(24)22-15-21(12-5-13-21)18-6-3-2-4-7-18/h2-4,6-11H,5,12-15H2,1H3,(H,22,24). The lowest BCUT2D eigenvalue weighted by molar-refractivity contribution is -0.123. The highest BCUT2D eigenvalue weighted by Crippen LogP contribution is 2.43. The molecular formula is C21H23NO3. The molecule has 0 radical (unpaired) electrons. The van der Waals surface area contributed by atoms with E-state index in [0.29, 0.717) is 17.9 Å². The Labute approximate surface area is 148 Å². The first-order chi connectivity index (χ1) is 12.1. The van der Waals surface area contributed by atoms with Crippen LogP contribution in [-0.2, 0) is 10.2 Å². The van der Waals surface area contributed by atoms with E-state index in [1.165, 1.54) is 18.9 Å². The fraction of sp³-hybridized carbons (Fsp3) is 0.333. The topological polar surface area (TPSA) is 55.4 Å². The predicted molar refractivity (Wildman–Crippen MR) is 96.9 cm³/mol. The smallest absolute Gasteiger partial charge is 0.257 e. The normalized spacial score (nSPS) is 15.1. The van der Waals surface area contributed by atoms with Crippen LogP contribution in [0.5, 0.6) is 5.75 Å². The number of ketones is 1. The monoisotopic (exact) mass is 337 g/mol. The van der Waals surface area contributed by atoms with Crippen molar-refractivity contribution in [3.63, 3.8) is 0 Å². The van der Waals surface area contributed by atoms with Crippen LogP contribution in [0.15, 0.2) is 54.6 Å². The highest BCUT2D eigenvalue weighted by atomic mass is 16.5. The molecule has 1 aliphatic carbocycles. The second-order valence-corrected chi connectivity index (χ2v) is 6.65. The molecule has 2 aromatic rings. The number of carbonyl (C=O) groups excluding carboxylic acids is 2. The second kappa shape index (κ2) is 7.51. The Morgan fingerprint density at radius 2 is 1.72 bits per heavy atom. The van der Waals surface area contributed by atoms with Gasteiger partial charge in [-0.2, -0.15) is 0 Å². The van der Waals surface area contributed by atoms with Crippen LogP contribution in [0.25, 0.3) is 0 Å². The molecule has 1 aliphatic rings. The van der Waals surface area contributed by atoms with Gasteiger partial charge in [-0.1, -0.05) is 36.8 Å². The molecule has 4 heteroatoms. The first kappa shape index (κ1) is 17.2. The number of nitrogens with one attached hydrogen (secondary N) is 1. The minimum Gasteiger partial charge on any atom is -0.484 e. The molecule has 0 heterocycles. The van der Waals surface area contributed by atoms with E-state index < -0.39 is 0 Å². The van der Waals surface area contributed by atoms with Crippen LogP contribution in [-0.4, -0.2) is 24.8 Å². The van der Waals surface area contributed by atoms with Gasteiger partial charge in [0, 0.05) is 17.5 Å². The van der Waals surface area contributed by atoms with Gasteiger partial charge < -0.3 is 10.1 Å². The van der Waals surface area contributed by atoms with Crippen molar-refractivity contribution in [2.24, 2.45) is 0 Å². The van der Waals surface area contributed by atoms with E-state index >= 15 is 0 Å². The van der Waals surface area contributed by atoms with E-state index in [1.54, 1.807) is 24.3 Å². The van der Waals surface area contributed by atoms with Crippen molar-refractivity contribution >= 4 is 11.7 Å². The molecule has 130 valence electrons. The van der Waals surface area contributed by atoms with E-state index in [-0.39, 0.29) is 23.7 Å². The van der Waals surface area contributed by atoms with Gasteiger partial charge in [-0.15, -0.1) is 0 Å². The summed E-state index contributed by atoms with van der Waals surface area (Å²) in [6.07, 6.45) is 3.40. The van der Waals surface area contributed by atoms with Gasteiger partial charge in [0.25, 0.3) is 5.91 Å². The van der Waals surface area contributed by atoms with E-state index in [0.717, 1.165) is 12.8 Å². The maximum Gasteiger partial charge on any atom is 0.257 e. The van der Waals surface area contributed by atoms with E-state index in [1.807, 2.05) is 18.2 Å². The Hall–Kier alpha value is -2.62. The van der Waals surface area contributed by atoms with Crippen LogP contribution < -0.4 is 10.1 Å². The van der Waals surface area contributed by atoms with Crippen LogP contribution in [0.4, 0.5) is 0 Å². The third kappa shape index (κ3) is 4.08. The molecule has 0 unspecified atom stereocenters. The Balaban J connectivity index is 1.50. The summed E-state index contributed by atoms with van der Waals surface area (Å²) in [5.74, 6) is 0.468. The van der Waals surface area contributed by atoms with Crippen molar-refractivity contribution in [3.05, 3.63) is 65.7 Å². The molecular weight excluding hydrogens is 314 g/mol. The third-order valence-corrected chi connectivity index (χ3v) is 4.95. The molecule has 1 amide bonds. The van der Waals surface area contributed by atoms with Crippen molar-refractivity contribution in [1.82, 2.24) is 5.32 Å². The molecule has 0 spiro atoms. The number of hydrogen-bond acceptors (Lipinski definition) is 3. The minimum absolute atomic E-state index is 0.0102. The highest BCUT2D eigenvalue weighted by Gasteiger charge is 2.38. The first-order valence-corrected chi connectivity index (χ1v) is 8.65. The number of ether oxygens (including phenoxy) is 1. The molecule has 2 aromatic carbocycles. The van der Waals surface area contributed by atoms with Crippen LogP contribution in [0, 0.1) is 0 Å². The van der Waals surface area contributed by atoms with Gasteiger partial charge in [-0.3, -0.25) is 9.59 Å². The lowest BCUT2D eigenvalue weighted by Gasteiger charge is -2.42. The quantitative estimate of drug-likeness (QED) is 0.787. The number of benzene rings is 2. The summed E-state index contributed by atoms with van der Waals surface area (Å²) in [5.41, 5.74) is 1.99. The molecule has 0 atom stereocenters. The Morgan fingerprint density at radius 1 is 1.04 bits per heavy atom. The van der Waals surface area contributed by atoms with Crippen molar-refractivity contribution in [3.8, 4) is 5.75 Å². The van der Waals surface area contributed by atoms with Crippen LogP contribution >= 0.6 is 0 Å². The van der Waals surface area contributed by atoms with Gasteiger partial charge in [-0.25, -0.2) is 0 Å². The van der Waals surface area contributed by atoms with Crippen molar-refractivity contribution in [2.75, 3.05) is 13.2 Å². The number of carbonyl (C=O) groups is 2. The maximum absolute atomic E-state index is 12.1. The van der Waals surface area contributed by atoms with Crippen LogP contribution in [0.1, 0.15) is 42.1 Å². The van der Waals surface area contributed by atoms with Crippen LogP contribution in [0.2, 0.25) is 0 Å². The lowest BCUT2D eigenvalue weighted by atomic mass is 9.64. The summed E-state index contributed by atoms with van der Waals surface area (Å²) >= 11 is 0. The molecule has 0 bridgehead atoms. The first-order valence-electron chi connectivity index (χ1n) is 8.65. The molecule has 25 heavy (non-hydrogen) atoms. The summed E-state index contributed by atoms with van der Waals surface area (Å²) < 4.78 is 5.50. The van der Waals surface area contributed by atoms with Gasteiger partial charge >= 0.3 is 0 Å². The van der Waals surface area contributed by atoms with Gasteiger partial charge in [-0.05, 0) is 49.6 Å². The highest BCUT2D eigenvalue weighted by molar-refractivity contribution is 5.94. The van der Waals surface area contributed by atoms with E-state index in [2.05, 4.69) is 17.4 Å². The Bertz CT molecular complexity index is 733. The Kier molecular flexibility index (Phi) is 5.17. The van der Waals surface area contributed by atoms with Gasteiger partial charge in [0.1, 0.15) is 5.75 Å². The average molecular weight is 337 g/mol. The van der Waals surface area contributed by atoms with Crippen molar-refractivity contribution < 1.29 is 14.3 Å². The van der Waals surface area contributed by atoms with Crippen LogP contribution in [0.3, 0.4) is 0 Å². The largest absolute Gasteiger partial charge is 0.484 e. The zero-order valence-electron chi connectivity index (χ0n) is 14.5. The summed E-state index contributed by atoms with van der Waals surface area (Å²) in [5, 5.41) is 3.01. The minimum atomic E-state index is -0.127. The second-order valence-electron chi connectivity index (χ2n) is 6.65. The number of hydrogen-bond donors (Lipinski definition) is 1. The molecule has 0 aromatic heterocycles. The maximum atomic E-state index is 12.1. The SMILES string of the molecule is CC(=O)c1ccc(OCC(=O)NCC2(c3ccccc3)CCC2)cc1. The number of amides is 1.